The first-order chi connectivity index (χ1) is 8.99. The third-order valence-electron chi connectivity index (χ3n) is 2.78. The number of aliphatic hydroxyl groups excluding tert-OH is 1. The van der Waals surface area contributed by atoms with Crippen LogP contribution < -0.4 is 5.43 Å². The molecular formula is C15H14O4. The highest BCUT2D eigenvalue weighted by Crippen LogP contribution is 2.21. The number of aliphatic hydroxyl groups is 1. The molecule has 0 amide bonds. The molecule has 0 saturated carbocycles. The van der Waals surface area contributed by atoms with Crippen molar-refractivity contribution in [2.45, 2.75) is 13.8 Å². The van der Waals surface area contributed by atoms with E-state index in [-0.39, 0.29) is 16.9 Å². The SMILES string of the molecule is C/C(O)=C\c1occ(-c2ccc(O)cc2)c(=O)c1C. The van der Waals surface area contributed by atoms with E-state index in [4.69, 9.17) is 4.42 Å². The van der Waals surface area contributed by atoms with Crippen molar-refractivity contribution in [2.24, 2.45) is 0 Å². The lowest BCUT2D eigenvalue weighted by molar-refractivity contribution is 0.417. The van der Waals surface area contributed by atoms with Gasteiger partial charge >= 0.3 is 0 Å². The monoisotopic (exact) mass is 258 g/mol. The van der Waals surface area contributed by atoms with Gasteiger partial charge in [0.15, 0.2) is 5.43 Å². The highest BCUT2D eigenvalue weighted by molar-refractivity contribution is 5.65. The Morgan fingerprint density at radius 3 is 2.47 bits per heavy atom. The molecule has 4 nitrogen and oxygen atoms in total. The van der Waals surface area contributed by atoms with Crippen LogP contribution in [0.5, 0.6) is 5.75 Å². The van der Waals surface area contributed by atoms with Crippen molar-refractivity contribution in [3.63, 3.8) is 0 Å². The number of phenols is 1. The molecule has 4 heteroatoms. The van der Waals surface area contributed by atoms with E-state index < -0.39 is 0 Å². The number of hydrogen-bond donors (Lipinski definition) is 2. The number of allylic oxidation sites excluding steroid dienone is 1. The van der Waals surface area contributed by atoms with Crippen LogP contribution in [0, 0.1) is 6.92 Å². The molecular weight excluding hydrogens is 244 g/mol. The smallest absolute Gasteiger partial charge is 0.196 e. The standard InChI is InChI=1S/C15H14O4/c1-9(16)7-14-10(2)15(18)13(8-19-14)11-3-5-12(17)6-4-11/h3-8,16-17H,1-2H3/b9-7+. The van der Waals surface area contributed by atoms with Gasteiger partial charge in [0.25, 0.3) is 0 Å². The van der Waals surface area contributed by atoms with Gasteiger partial charge in [-0.3, -0.25) is 4.79 Å². The predicted octanol–water partition coefficient (Wildman–Crippen LogP) is 3.24. The molecule has 0 aliphatic carbocycles. The Bertz CT molecular complexity index is 674. The van der Waals surface area contributed by atoms with Gasteiger partial charge in [-0.1, -0.05) is 12.1 Å². The van der Waals surface area contributed by atoms with Gasteiger partial charge < -0.3 is 14.6 Å². The van der Waals surface area contributed by atoms with Crippen molar-refractivity contribution >= 4 is 6.08 Å². The maximum Gasteiger partial charge on any atom is 0.196 e. The van der Waals surface area contributed by atoms with Gasteiger partial charge in [0.05, 0.1) is 11.3 Å². The Labute approximate surface area is 110 Å². The normalized spacial score (nSPS) is 11.6. The summed E-state index contributed by atoms with van der Waals surface area (Å²) in [5.41, 5.74) is 1.36. The van der Waals surface area contributed by atoms with Crippen molar-refractivity contribution in [3.8, 4) is 16.9 Å². The quantitative estimate of drug-likeness (QED) is 0.811. The van der Waals surface area contributed by atoms with E-state index in [9.17, 15) is 15.0 Å². The number of rotatable bonds is 2. The van der Waals surface area contributed by atoms with Gasteiger partial charge in [0.1, 0.15) is 17.8 Å². The largest absolute Gasteiger partial charge is 0.512 e. The zero-order chi connectivity index (χ0) is 14.0. The highest BCUT2D eigenvalue weighted by atomic mass is 16.3. The molecule has 0 bridgehead atoms. The maximum atomic E-state index is 12.2. The van der Waals surface area contributed by atoms with Crippen LogP contribution in [-0.2, 0) is 0 Å². The van der Waals surface area contributed by atoms with Crippen LogP contribution in [0.4, 0.5) is 0 Å². The Balaban J connectivity index is 2.56. The summed E-state index contributed by atoms with van der Waals surface area (Å²) in [5, 5.41) is 18.4. The van der Waals surface area contributed by atoms with E-state index in [2.05, 4.69) is 0 Å². The second kappa shape index (κ2) is 5.02. The first-order valence-electron chi connectivity index (χ1n) is 5.78. The molecule has 0 aliphatic heterocycles. The molecule has 0 saturated heterocycles. The van der Waals surface area contributed by atoms with Crippen molar-refractivity contribution in [1.82, 2.24) is 0 Å². The Morgan fingerprint density at radius 1 is 1.26 bits per heavy atom. The topological polar surface area (TPSA) is 70.7 Å². The van der Waals surface area contributed by atoms with E-state index in [1.807, 2.05) is 0 Å². The van der Waals surface area contributed by atoms with E-state index >= 15 is 0 Å². The van der Waals surface area contributed by atoms with Crippen LogP contribution in [0.1, 0.15) is 18.2 Å². The zero-order valence-corrected chi connectivity index (χ0v) is 10.7. The van der Waals surface area contributed by atoms with Gasteiger partial charge in [-0.25, -0.2) is 0 Å². The highest BCUT2D eigenvalue weighted by Gasteiger charge is 2.10. The second-order valence-corrected chi connectivity index (χ2v) is 4.30. The maximum absolute atomic E-state index is 12.2. The van der Waals surface area contributed by atoms with Crippen molar-refractivity contribution in [2.75, 3.05) is 0 Å². The first-order valence-corrected chi connectivity index (χ1v) is 5.78. The van der Waals surface area contributed by atoms with E-state index in [0.717, 1.165) is 0 Å². The average molecular weight is 258 g/mol. The number of aromatic hydroxyl groups is 1. The van der Waals surface area contributed by atoms with Crippen LogP contribution >= 0.6 is 0 Å². The van der Waals surface area contributed by atoms with Crippen molar-refractivity contribution in [3.05, 3.63) is 57.8 Å². The summed E-state index contributed by atoms with van der Waals surface area (Å²) < 4.78 is 5.37. The van der Waals surface area contributed by atoms with E-state index in [1.165, 1.54) is 31.4 Å². The van der Waals surface area contributed by atoms with Crippen molar-refractivity contribution < 1.29 is 14.6 Å². The summed E-state index contributed by atoms with van der Waals surface area (Å²) in [7, 11) is 0. The molecule has 0 spiro atoms. The van der Waals surface area contributed by atoms with Gasteiger partial charge in [-0.2, -0.15) is 0 Å². The fourth-order valence-electron chi connectivity index (χ4n) is 1.75. The summed E-state index contributed by atoms with van der Waals surface area (Å²) in [6, 6.07) is 6.31. The fraction of sp³-hybridized carbons (Fsp3) is 0.133. The van der Waals surface area contributed by atoms with Gasteiger partial charge in [-0.05, 0) is 31.5 Å². The molecule has 0 atom stereocenters. The molecule has 0 unspecified atom stereocenters. The summed E-state index contributed by atoms with van der Waals surface area (Å²) >= 11 is 0. The Kier molecular flexibility index (Phi) is 3.42. The van der Waals surface area contributed by atoms with Crippen LogP contribution in [0.15, 0.2) is 45.5 Å². The van der Waals surface area contributed by atoms with E-state index in [0.29, 0.717) is 22.5 Å². The molecule has 98 valence electrons. The lowest BCUT2D eigenvalue weighted by Gasteiger charge is -2.04. The van der Waals surface area contributed by atoms with E-state index in [1.54, 1.807) is 19.1 Å². The number of phenolic OH excluding ortho intramolecular Hbond substituents is 1. The molecule has 2 N–H and O–H groups in total. The van der Waals surface area contributed by atoms with Gasteiger partial charge in [0.2, 0.25) is 0 Å². The summed E-state index contributed by atoms with van der Waals surface area (Å²) in [5.74, 6) is 0.552. The molecule has 1 heterocycles. The van der Waals surface area contributed by atoms with Crippen LogP contribution in [0.3, 0.4) is 0 Å². The van der Waals surface area contributed by atoms with Gasteiger partial charge in [0, 0.05) is 11.6 Å². The molecule has 1 aromatic carbocycles. The molecule has 1 aromatic heterocycles. The molecule has 2 rings (SSSR count). The lowest BCUT2D eigenvalue weighted by Crippen LogP contribution is -2.09. The van der Waals surface area contributed by atoms with Crippen LogP contribution in [0.2, 0.25) is 0 Å². The number of benzene rings is 1. The molecule has 0 radical (unpaired) electrons. The summed E-state index contributed by atoms with van der Waals surface area (Å²) in [6.07, 6.45) is 2.76. The van der Waals surface area contributed by atoms with Crippen LogP contribution in [0.25, 0.3) is 17.2 Å². The Morgan fingerprint density at radius 2 is 1.89 bits per heavy atom. The molecule has 2 aromatic rings. The Hall–Kier alpha value is -2.49. The average Bonchev–Trinajstić information content (AvgIpc) is 2.36. The predicted molar refractivity (Wildman–Crippen MR) is 73.1 cm³/mol. The summed E-state index contributed by atoms with van der Waals surface area (Å²) in [6.45, 7) is 3.15. The third kappa shape index (κ3) is 2.68. The second-order valence-electron chi connectivity index (χ2n) is 4.30. The third-order valence-corrected chi connectivity index (χ3v) is 2.78. The van der Waals surface area contributed by atoms with Crippen molar-refractivity contribution in [1.29, 1.82) is 0 Å². The van der Waals surface area contributed by atoms with Gasteiger partial charge in [-0.15, -0.1) is 0 Å². The molecule has 0 fully saturated rings. The zero-order valence-electron chi connectivity index (χ0n) is 10.7. The number of hydrogen-bond acceptors (Lipinski definition) is 4. The molecule has 19 heavy (non-hydrogen) atoms. The lowest BCUT2D eigenvalue weighted by atomic mass is 10.0. The minimum Gasteiger partial charge on any atom is -0.512 e. The van der Waals surface area contributed by atoms with Crippen LogP contribution in [-0.4, -0.2) is 10.2 Å². The minimum atomic E-state index is -0.163. The molecule has 0 aliphatic rings. The minimum absolute atomic E-state index is 0.0728. The fourth-order valence-corrected chi connectivity index (χ4v) is 1.75. The first kappa shape index (κ1) is 13.0. The summed E-state index contributed by atoms with van der Waals surface area (Å²) in [4.78, 5) is 12.2.